The standard InChI is InChI=1S/C14H13Cl2N3S/c1-9-7-17-13(20-9)8-19-11-4-2-3-10(16)14(11)18-12(19)5-6-15/h2-4,7H,5-6,8H2,1H3. The fraction of sp³-hybridized carbons (Fsp3) is 0.286. The van der Waals surface area contributed by atoms with Crippen molar-refractivity contribution < 1.29 is 0 Å². The van der Waals surface area contributed by atoms with Gasteiger partial charge in [0.2, 0.25) is 0 Å². The Morgan fingerprint density at radius 2 is 2.20 bits per heavy atom. The summed E-state index contributed by atoms with van der Waals surface area (Å²) in [6, 6.07) is 5.84. The first-order valence-electron chi connectivity index (χ1n) is 6.30. The van der Waals surface area contributed by atoms with Gasteiger partial charge < -0.3 is 4.57 Å². The first kappa shape index (κ1) is 13.9. The van der Waals surface area contributed by atoms with Gasteiger partial charge in [-0.25, -0.2) is 9.97 Å². The minimum Gasteiger partial charge on any atom is -0.321 e. The largest absolute Gasteiger partial charge is 0.321 e. The normalized spacial score (nSPS) is 11.3. The lowest BCUT2D eigenvalue weighted by Crippen LogP contribution is -2.05. The molecule has 3 aromatic rings. The smallest absolute Gasteiger partial charge is 0.113 e. The molecular formula is C14H13Cl2N3S. The highest BCUT2D eigenvalue weighted by atomic mass is 35.5. The molecule has 0 bridgehead atoms. The Hall–Kier alpha value is -1.10. The van der Waals surface area contributed by atoms with Gasteiger partial charge in [-0.1, -0.05) is 17.7 Å². The minimum atomic E-state index is 0.540. The van der Waals surface area contributed by atoms with Crippen molar-refractivity contribution in [1.82, 2.24) is 14.5 Å². The molecule has 0 unspecified atom stereocenters. The summed E-state index contributed by atoms with van der Waals surface area (Å²) in [5.74, 6) is 1.49. The van der Waals surface area contributed by atoms with E-state index < -0.39 is 0 Å². The van der Waals surface area contributed by atoms with Crippen LogP contribution in [0.15, 0.2) is 24.4 Å². The average molecular weight is 326 g/mol. The molecule has 0 saturated carbocycles. The third-order valence-electron chi connectivity index (χ3n) is 3.09. The molecule has 2 aromatic heterocycles. The monoisotopic (exact) mass is 325 g/mol. The van der Waals surface area contributed by atoms with Crippen LogP contribution < -0.4 is 0 Å². The van der Waals surface area contributed by atoms with Gasteiger partial charge in [0, 0.05) is 23.4 Å². The Kier molecular flexibility index (Phi) is 3.96. The summed E-state index contributed by atoms with van der Waals surface area (Å²) in [4.78, 5) is 10.3. The molecule has 3 rings (SSSR count). The number of benzene rings is 1. The first-order chi connectivity index (χ1) is 9.69. The fourth-order valence-electron chi connectivity index (χ4n) is 2.22. The number of alkyl halides is 1. The predicted molar refractivity (Wildman–Crippen MR) is 85.1 cm³/mol. The number of para-hydroxylation sites is 1. The number of hydrogen-bond donors (Lipinski definition) is 0. The number of thiazole rings is 1. The zero-order valence-electron chi connectivity index (χ0n) is 10.9. The Bertz CT molecular complexity index is 748. The number of aromatic nitrogens is 3. The van der Waals surface area contributed by atoms with E-state index in [2.05, 4.69) is 21.5 Å². The van der Waals surface area contributed by atoms with Crippen LogP contribution in [0.25, 0.3) is 11.0 Å². The van der Waals surface area contributed by atoms with E-state index in [4.69, 9.17) is 23.2 Å². The molecule has 0 aliphatic heterocycles. The lowest BCUT2D eigenvalue weighted by Gasteiger charge is -2.06. The van der Waals surface area contributed by atoms with Crippen molar-refractivity contribution in [3.63, 3.8) is 0 Å². The summed E-state index contributed by atoms with van der Waals surface area (Å²) >= 11 is 13.8. The van der Waals surface area contributed by atoms with Gasteiger partial charge >= 0.3 is 0 Å². The molecule has 0 saturated heterocycles. The molecule has 3 nitrogen and oxygen atoms in total. The number of nitrogens with zero attached hydrogens (tertiary/aromatic N) is 3. The van der Waals surface area contributed by atoms with Crippen LogP contribution in [0, 0.1) is 6.92 Å². The number of halogens is 2. The van der Waals surface area contributed by atoms with Crippen LogP contribution in [0.4, 0.5) is 0 Å². The Morgan fingerprint density at radius 1 is 1.35 bits per heavy atom. The van der Waals surface area contributed by atoms with Gasteiger partial charge in [0.15, 0.2) is 0 Å². The molecule has 0 N–H and O–H groups in total. The third kappa shape index (κ3) is 2.55. The second-order valence-electron chi connectivity index (χ2n) is 4.53. The lowest BCUT2D eigenvalue weighted by molar-refractivity contribution is 0.750. The molecule has 0 amide bonds. The van der Waals surface area contributed by atoms with Gasteiger partial charge in [0.1, 0.15) is 16.3 Å². The average Bonchev–Trinajstić information content (AvgIpc) is 2.97. The van der Waals surface area contributed by atoms with Crippen LogP contribution in [0.5, 0.6) is 0 Å². The molecular weight excluding hydrogens is 313 g/mol. The molecule has 0 fully saturated rings. The van der Waals surface area contributed by atoms with Gasteiger partial charge in [-0.15, -0.1) is 22.9 Å². The van der Waals surface area contributed by atoms with Crippen LogP contribution in [0.3, 0.4) is 0 Å². The second kappa shape index (κ2) is 5.72. The van der Waals surface area contributed by atoms with Gasteiger partial charge in [-0.3, -0.25) is 0 Å². The van der Waals surface area contributed by atoms with Gasteiger partial charge in [0.25, 0.3) is 0 Å². The van der Waals surface area contributed by atoms with E-state index in [-0.39, 0.29) is 0 Å². The van der Waals surface area contributed by atoms with E-state index in [0.29, 0.717) is 17.4 Å². The highest BCUT2D eigenvalue weighted by Crippen LogP contribution is 2.26. The summed E-state index contributed by atoms with van der Waals surface area (Å²) < 4.78 is 2.15. The number of hydrogen-bond acceptors (Lipinski definition) is 3. The zero-order valence-corrected chi connectivity index (χ0v) is 13.3. The molecule has 0 aliphatic rings. The summed E-state index contributed by atoms with van der Waals surface area (Å²) in [5, 5.41) is 1.74. The van der Waals surface area contributed by atoms with Crippen LogP contribution in [-0.2, 0) is 13.0 Å². The number of rotatable bonds is 4. The van der Waals surface area contributed by atoms with Crippen molar-refractivity contribution in [1.29, 1.82) is 0 Å². The Labute approximate surface area is 131 Å². The summed E-state index contributed by atoms with van der Waals surface area (Å²) in [7, 11) is 0. The fourth-order valence-corrected chi connectivity index (χ4v) is 3.38. The molecule has 6 heteroatoms. The quantitative estimate of drug-likeness (QED) is 0.670. The highest BCUT2D eigenvalue weighted by molar-refractivity contribution is 7.11. The molecule has 1 aromatic carbocycles. The van der Waals surface area contributed by atoms with Crippen molar-refractivity contribution in [2.45, 2.75) is 19.9 Å². The first-order valence-corrected chi connectivity index (χ1v) is 8.03. The molecule has 2 heterocycles. The van der Waals surface area contributed by atoms with Crippen LogP contribution in [-0.4, -0.2) is 20.4 Å². The van der Waals surface area contributed by atoms with Gasteiger partial charge in [-0.2, -0.15) is 0 Å². The SMILES string of the molecule is Cc1cnc(Cn2c(CCCl)nc3c(Cl)cccc32)s1. The molecule has 20 heavy (non-hydrogen) atoms. The van der Waals surface area contributed by atoms with E-state index in [0.717, 1.165) is 28.3 Å². The second-order valence-corrected chi connectivity index (χ2v) is 6.63. The molecule has 0 aliphatic carbocycles. The zero-order chi connectivity index (χ0) is 14.1. The highest BCUT2D eigenvalue weighted by Gasteiger charge is 2.13. The van der Waals surface area contributed by atoms with E-state index in [9.17, 15) is 0 Å². The van der Waals surface area contributed by atoms with Crippen LogP contribution in [0.1, 0.15) is 15.7 Å². The van der Waals surface area contributed by atoms with E-state index in [1.807, 2.05) is 24.4 Å². The maximum Gasteiger partial charge on any atom is 0.113 e. The Morgan fingerprint density at radius 3 is 2.90 bits per heavy atom. The maximum absolute atomic E-state index is 6.23. The van der Waals surface area contributed by atoms with E-state index in [1.54, 1.807) is 11.3 Å². The molecule has 0 radical (unpaired) electrons. The molecule has 0 atom stereocenters. The van der Waals surface area contributed by atoms with Gasteiger partial charge in [0.05, 0.1) is 17.1 Å². The van der Waals surface area contributed by atoms with Crippen molar-refractivity contribution in [3.8, 4) is 0 Å². The predicted octanol–water partition coefficient (Wildman–Crippen LogP) is 4.28. The summed E-state index contributed by atoms with van der Waals surface area (Å²) in [6.45, 7) is 2.77. The van der Waals surface area contributed by atoms with Crippen molar-refractivity contribution in [2.24, 2.45) is 0 Å². The van der Waals surface area contributed by atoms with Gasteiger partial charge in [-0.05, 0) is 19.1 Å². The number of imidazole rings is 1. The topological polar surface area (TPSA) is 30.7 Å². The van der Waals surface area contributed by atoms with E-state index in [1.165, 1.54) is 4.88 Å². The number of fused-ring (bicyclic) bond motifs is 1. The molecule has 104 valence electrons. The van der Waals surface area contributed by atoms with Crippen LogP contribution in [0.2, 0.25) is 5.02 Å². The summed E-state index contributed by atoms with van der Waals surface area (Å²) in [6.07, 6.45) is 2.62. The van der Waals surface area contributed by atoms with Crippen LogP contribution >= 0.6 is 34.5 Å². The van der Waals surface area contributed by atoms with Crippen molar-refractivity contribution in [2.75, 3.05) is 5.88 Å². The lowest BCUT2D eigenvalue weighted by atomic mass is 10.3. The summed E-state index contributed by atoms with van der Waals surface area (Å²) in [5.41, 5.74) is 1.87. The van der Waals surface area contributed by atoms with E-state index >= 15 is 0 Å². The minimum absolute atomic E-state index is 0.540. The number of aryl methyl sites for hydroxylation is 2. The molecule has 0 spiro atoms. The third-order valence-corrected chi connectivity index (χ3v) is 4.48. The van der Waals surface area contributed by atoms with Crippen molar-refractivity contribution >= 4 is 45.6 Å². The van der Waals surface area contributed by atoms with Crippen molar-refractivity contribution in [3.05, 3.63) is 45.1 Å². The Balaban J connectivity index is 2.11. The maximum atomic E-state index is 6.23.